The molecule has 0 aromatic heterocycles. The molecule has 1 aromatic rings. The maximum Gasteiger partial charge on any atom is 0.314 e. The van der Waals surface area contributed by atoms with E-state index in [0.29, 0.717) is 0 Å². The molecule has 1 unspecified atom stereocenters. The standard InChI is InChI=1S/C12H17NO2/c1-8-5-4-6-10(9(8)2)11(7-13)12(14)15-3/h4-6,11H,7,13H2,1-3H3. The van der Waals surface area contributed by atoms with Gasteiger partial charge in [0.1, 0.15) is 0 Å². The van der Waals surface area contributed by atoms with Crippen molar-refractivity contribution < 1.29 is 9.53 Å². The first-order valence-electron chi connectivity index (χ1n) is 4.95. The molecule has 0 aliphatic heterocycles. The van der Waals surface area contributed by atoms with Gasteiger partial charge >= 0.3 is 5.97 Å². The molecule has 0 fully saturated rings. The number of carbonyl (C=O) groups is 1. The predicted molar refractivity (Wildman–Crippen MR) is 59.7 cm³/mol. The molecule has 1 aromatic carbocycles. The van der Waals surface area contributed by atoms with E-state index in [1.54, 1.807) is 0 Å². The number of benzene rings is 1. The molecule has 3 nitrogen and oxygen atoms in total. The van der Waals surface area contributed by atoms with Crippen LogP contribution >= 0.6 is 0 Å². The molecule has 15 heavy (non-hydrogen) atoms. The summed E-state index contributed by atoms with van der Waals surface area (Å²) in [5.41, 5.74) is 8.83. The van der Waals surface area contributed by atoms with Crippen LogP contribution in [0, 0.1) is 13.8 Å². The molecular formula is C12H17NO2. The second-order valence-corrected chi connectivity index (χ2v) is 3.60. The fourth-order valence-electron chi connectivity index (χ4n) is 1.64. The van der Waals surface area contributed by atoms with Gasteiger partial charge in [-0.1, -0.05) is 18.2 Å². The van der Waals surface area contributed by atoms with Gasteiger partial charge in [0.05, 0.1) is 13.0 Å². The Balaban J connectivity index is 3.12. The lowest BCUT2D eigenvalue weighted by atomic mass is 9.92. The Kier molecular flexibility index (Phi) is 3.86. The molecule has 0 spiro atoms. The van der Waals surface area contributed by atoms with E-state index in [-0.39, 0.29) is 18.4 Å². The fourth-order valence-corrected chi connectivity index (χ4v) is 1.64. The van der Waals surface area contributed by atoms with Crippen LogP contribution in [0.4, 0.5) is 0 Å². The van der Waals surface area contributed by atoms with Crippen molar-refractivity contribution >= 4 is 5.97 Å². The van der Waals surface area contributed by atoms with Crippen LogP contribution in [0.25, 0.3) is 0 Å². The average molecular weight is 207 g/mol. The van der Waals surface area contributed by atoms with Crippen molar-refractivity contribution in [3.63, 3.8) is 0 Å². The molecule has 82 valence electrons. The first-order valence-corrected chi connectivity index (χ1v) is 4.95. The normalized spacial score (nSPS) is 12.3. The van der Waals surface area contributed by atoms with Gasteiger partial charge < -0.3 is 10.5 Å². The van der Waals surface area contributed by atoms with Crippen LogP contribution in [0.15, 0.2) is 18.2 Å². The third-order valence-electron chi connectivity index (χ3n) is 2.74. The maximum absolute atomic E-state index is 11.5. The Morgan fingerprint density at radius 3 is 2.67 bits per heavy atom. The number of hydrogen-bond acceptors (Lipinski definition) is 3. The summed E-state index contributed by atoms with van der Waals surface area (Å²) in [6.45, 7) is 4.29. The van der Waals surface area contributed by atoms with Crippen LogP contribution in [0.2, 0.25) is 0 Å². The zero-order valence-electron chi connectivity index (χ0n) is 9.41. The van der Waals surface area contributed by atoms with Gasteiger partial charge in [-0.05, 0) is 30.5 Å². The molecule has 1 atom stereocenters. The zero-order valence-corrected chi connectivity index (χ0v) is 9.41. The van der Waals surface area contributed by atoms with Gasteiger partial charge in [-0.2, -0.15) is 0 Å². The number of nitrogens with two attached hydrogens (primary N) is 1. The Morgan fingerprint density at radius 2 is 2.13 bits per heavy atom. The van der Waals surface area contributed by atoms with Crippen LogP contribution in [0.5, 0.6) is 0 Å². The average Bonchev–Trinajstić information content (AvgIpc) is 2.24. The lowest BCUT2D eigenvalue weighted by Gasteiger charge is -2.16. The minimum Gasteiger partial charge on any atom is -0.469 e. The number of aryl methyl sites for hydroxylation is 1. The lowest BCUT2D eigenvalue weighted by molar-refractivity contribution is -0.142. The first-order chi connectivity index (χ1) is 7.11. The smallest absolute Gasteiger partial charge is 0.314 e. The number of rotatable bonds is 3. The third kappa shape index (κ3) is 2.36. The van der Waals surface area contributed by atoms with Gasteiger partial charge in [0.15, 0.2) is 0 Å². The summed E-state index contributed by atoms with van der Waals surface area (Å²) in [6, 6.07) is 5.88. The first kappa shape index (κ1) is 11.7. The minimum absolute atomic E-state index is 0.272. The zero-order chi connectivity index (χ0) is 11.4. The van der Waals surface area contributed by atoms with Gasteiger partial charge in [-0.25, -0.2) is 0 Å². The summed E-state index contributed by atoms with van der Waals surface area (Å²) in [7, 11) is 1.39. The topological polar surface area (TPSA) is 52.3 Å². The number of esters is 1. The molecule has 0 amide bonds. The van der Waals surface area contributed by atoms with Crippen LogP contribution in [-0.2, 0) is 9.53 Å². The second kappa shape index (κ2) is 4.94. The van der Waals surface area contributed by atoms with E-state index in [1.807, 2.05) is 32.0 Å². The molecular weight excluding hydrogens is 190 g/mol. The van der Waals surface area contributed by atoms with Crippen LogP contribution in [0.1, 0.15) is 22.6 Å². The number of hydrogen-bond donors (Lipinski definition) is 1. The van der Waals surface area contributed by atoms with Crippen molar-refractivity contribution in [2.75, 3.05) is 13.7 Å². The highest BCUT2D eigenvalue weighted by Crippen LogP contribution is 2.22. The summed E-state index contributed by atoms with van der Waals surface area (Å²) in [6.07, 6.45) is 0. The molecule has 3 heteroatoms. The summed E-state index contributed by atoms with van der Waals surface area (Å²) in [5, 5.41) is 0. The van der Waals surface area contributed by atoms with Crippen LogP contribution in [-0.4, -0.2) is 19.6 Å². The van der Waals surface area contributed by atoms with Crippen LogP contribution < -0.4 is 5.73 Å². The van der Waals surface area contributed by atoms with Crippen molar-refractivity contribution in [2.45, 2.75) is 19.8 Å². The third-order valence-corrected chi connectivity index (χ3v) is 2.74. The lowest BCUT2D eigenvalue weighted by Crippen LogP contribution is -2.23. The van der Waals surface area contributed by atoms with Crippen molar-refractivity contribution in [3.8, 4) is 0 Å². The van der Waals surface area contributed by atoms with Gasteiger partial charge in [-0.3, -0.25) is 4.79 Å². The monoisotopic (exact) mass is 207 g/mol. The molecule has 1 rings (SSSR count). The van der Waals surface area contributed by atoms with Crippen molar-refractivity contribution in [3.05, 3.63) is 34.9 Å². The fraction of sp³-hybridized carbons (Fsp3) is 0.417. The highest BCUT2D eigenvalue weighted by molar-refractivity contribution is 5.79. The molecule has 0 saturated heterocycles. The molecule has 0 heterocycles. The Morgan fingerprint density at radius 1 is 1.47 bits per heavy atom. The second-order valence-electron chi connectivity index (χ2n) is 3.60. The molecule has 0 radical (unpaired) electrons. The molecule has 0 saturated carbocycles. The summed E-state index contributed by atoms with van der Waals surface area (Å²) in [5.74, 6) is -0.624. The minimum atomic E-state index is -0.352. The quantitative estimate of drug-likeness (QED) is 0.764. The van der Waals surface area contributed by atoms with E-state index in [4.69, 9.17) is 10.5 Å². The van der Waals surface area contributed by atoms with E-state index < -0.39 is 0 Å². The SMILES string of the molecule is COC(=O)C(CN)c1cccc(C)c1C. The van der Waals surface area contributed by atoms with Gasteiger partial charge in [0, 0.05) is 6.54 Å². The van der Waals surface area contributed by atoms with E-state index >= 15 is 0 Å². The summed E-state index contributed by atoms with van der Waals surface area (Å²) >= 11 is 0. The molecule has 0 aliphatic carbocycles. The number of carbonyl (C=O) groups excluding carboxylic acids is 1. The Hall–Kier alpha value is -1.35. The Bertz CT molecular complexity index is 361. The highest BCUT2D eigenvalue weighted by atomic mass is 16.5. The highest BCUT2D eigenvalue weighted by Gasteiger charge is 2.21. The van der Waals surface area contributed by atoms with E-state index in [9.17, 15) is 4.79 Å². The van der Waals surface area contributed by atoms with Crippen LogP contribution in [0.3, 0.4) is 0 Å². The molecule has 2 N–H and O–H groups in total. The largest absolute Gasteiger partial charge is 0.469 e. The number of methoxy groups -OCH3 is 1. The predicted octanol–water partition coefficient (Wildman–Crippen LogP) is 1.52. The summed E-state index contributed by atoms with van der Waals surface area (Å²) < 4.78 is 4.73. The maximum atomic E-state index is 11.5. The van der Waals surface area contributed by atoms with E-state index in [1.165, 1.54) is 7.11 Å². The number of ether oxygens (including phenoxy) is 1. The Labute approximate surface area is 90.2 Å². The molecule has 0 aliphatic rings. The van der Waals surface area contributed by atoms with Gasteiger partial charge in [0.25, 0.3) is 0 Å². The van der Waals surface area contributed by atoms with E-state index in [0.717, 1.165) is 16.7 Å². The summed E-state index contributed by atoms with van der Waals surface area (Å²) in [4.78, 5) is 11.5. The van der Waals surface area contributed by atoms with Gasteiger partial charge in [-0.15, -0.1) is 0 Å². The van der Waals surface area contributed by atoms with Gasteiger partial charge in [0.2, 0.25) is 0 Å². The van der Waals surface area contributed by atoms with Crippen molar-refractivity contribution in [2.24, 2.45) is 5.73 Å². The molecule has 0 bridgehead atoms. The van der Waals surface area contributed by atoms with Crippen molar-refractivity contribution in [1.29, 1.82) is 0 Å². The van der Waals surface area contributed by atoms with Crippen molar-refractivity contribution in [1.82, 2.24) is 0 Å². The van der Waals surface area contributed by atoms with E-state index in [2.05, 4.69) is 0 Å².